The molecule has 1 atom stereocenters. The minimum absolute atomic E-state index is 0.120. The zero-order valence-electron chi connectivity index (χ0n) is 18.1. The van der Waals surface area contributed by atoms with E-state index in [1.54, 1.807) is 0 Å². The number of piperidine rings is 2. The van der Waals surface area contributed by atoms with E-state index in [0.29, 0.717) is 6.04 Å². The molecular formula is C24H34N4O2. The van der Waals surface area contributed by atoms with Crippen LogP contribution in [-0.2, 0) is 6.54 Å². The number of rotatable bonds is 7. The van der Waals surface area contributed by atoms with Crippen molar-refractivity contribution < 1.29 is 9.53 Å². The predicted octanol–water partition coefficient (Wildman–Crippen LogP) is 3.83. The number of carbonyl (C=O) groups is 1. The molecule has 0 saturated carbocycles. The van der Waals surface area contributed by atoms with Crippen LogP contribution >= 0.6 is 0 Å². The summed E-state index contributed by atoms with van der Waals surface area (Å²) < 4.78 is 8.36. The molecule has 2 fully saturated rings. The number of benzene rings is 1. The van der Waals surface area contributed by atoms with E-state index in [1.165, 1.54) is 6.42 Å². The van der Waals surface area contributed by atoms with Crippen molar-refractivity contribution in [1.29, 1.82) is 0 Å². The topological polar surface area (TPSA) is 50.6 Å². The lowest BCUT2D eigenvalue weighted by molar-refractivity contribution is 0.0673. The molecule has 1 unspecified atom stereocenters. The fourth-order valence-corrected chi connectivity index (χ4v) is 4.56. The van der Waals surface area contributed by atoms with Crippen LogP contribution in [0.2, 0.25) is 0 Å². The summed E-state index contributed by atoms with van der Waals surface area (Å²) in [5.41, 5.74) is 0.717. The van der Waals surface area contributed by atoms with Gasteiger partial charge < -0.3 is 14.5 Å². The third-order valence-corrected chi connectivity index (χ3v) is 6.49. The lowest BCUT2D eigenvalue weighted by Gasteiger charge is -2.36. The first-order valence-electron chi connectivity index (χ1n) is 11.5. The average Bonchev–Trinajstić information content (AvgIpc) is 3.32. The largest absolute Gasteiger partial charge is 0.489 e. The first-order valence-corrected chi connectivity index (χ1v) is 11.5. The Bertz CT molecular complexity index is 793. The van der Waals surface area contributed by atoms with E-state index in [0.717, 1.165) is 76.1 Å². The highest BCUT2D eigenvalue weighted by Gasteiger charge is 2.26. The van der Waals surface area contributed by atoms with Crippen LogP contribution in [0, 0.1) is 0 Å². The second-order valence-corrected chi connectivity index (χ2v) is 8.61. The Hall–Kier alpha value is -2.34. The molecular weight excluding hydrogens is 376 g/mol. The summed E-state index contributed by atoms with van der Waals surface area (Å²) in [6.07, 6.45) is 10.6. The first kappa shape index (κ1) is 20.9. The van der Waals surface area contributed by atoms with Gasteiger partial charge in [-0.3, -0.25) is 9.48 Å². The third kappa shape index (κ3) is 5.22. The Morgan fingerprint density at radius 2 is 1.87 bits per heavy atom. The van der Waals surface area contributed by atoms with Crippen molar-refractivity contribution in [3.63, 3.8) is 0 Å². The Balaban J connectivity index is 1.29. The van der Waals surface area contributed by atoms with Gasteiger partial charge in [-0.05, 0) is 63.6 Å². The smallest absolute Gasteiger partial charge is 0.257 e. The highest BCUT2D eigenvalue weighted by molar-refractivity contribution is 5.97. The van der Waals surface area contributed by atoms with Crippen LogP contribution in [0.15, 0.2) is 42.7 Å². The second-order valence-electron chi connectivity index (χ2n) is 8.61. The molecule has 0 radical (unpaired) electrons. The van der Waals surface area contributed by atoms with Gasteiger partial charge in [-0.1, -0.05) is 12.1 Å². The molecule has 6 heteroatoms. The fraction of sp³-hybridized carbons (Fsp3) is 0.583. The molecule has 0 spiro atoms. The van der Waals surface area contributed by atoms with Gasteiger partial charge in [-0.2, -0.15) is 5.10 Å². The number of likely N-dealkylation sites (tertiary alicyclic amines) is 2. The van der Waals surface area contributed by atoms with Crippen LogP contribution in [0.4, 0.5) is 0 Å². The number of hydrogen-bond donors (Lipinski definition) is 0. The number of ether oxygens (including phenoxy) is 1. The van der Waals surface area contributed by atoms with E-state index in [9.17, 15) is 4.79 Å². The molecule has 1 aromatic carbocycles. The number of hydrogen-bond acceptors (Lipinski definition) is 4. The molecule has 162 valence electrons. The van der Waals surface area contributed by atoms with Gasteiger partial charge in [0.2, 0.25) is 0 Å². The van der Waals surface area contributed by atoms with Crippen LogP contribution < -0.4 is 4.74 Å². The Morgan fingerprint density at radius 3 is 2.60 bits per heavy atom. The first-order chi connectivity index (χ1) is 14.7. The maximum absolute atomic E-state index is 13.0. The number of amides is 1. The van der Waals surface area contributed by atoms with Crippen molar-refractivity contribution in [2.75, 3.05) is 26.2 Å². The third-order valence-electron chi connectivity index (χ3n) is 6.49. The van der Waals surface area contributed by atoms with Crippen molar-refractivity contribution in [1.82, 2.24) is 19.6 Å². The molecule has 2 aliphatic heterocycles. The van der Waals surface area contributed by atoms with Crippen LogP contribution in [0.1, 0.15) is 55.8 Å². The average molecular weight is 411 g/mol. The number of para-hydroxylation sites is 1. The summed E-state index contributed by atoms with van der Waals surface area (Å²) in [7, 11) is 0. The molecule has 2 saturated heterocycles. The molecule has 6 nitrogen and oxygen atoms in total. The van der Waals surface area contributed by atoms with E-state index in [1.807, 2.05) is 52.3 Å². The molecule has 0 N–H and O–H groups in total. The SMILES string of the molecule is CC(CCn1cccn1)N1CCC(Oc2ccccc2C(=O)N2CCCCC2)CC1. The van der Waals surface area contributed by atoms with Gasteiger partial charge in [0.25, 0.3) is 5.91 Å². The fourth-order valence-electron chi connectivity index (χ4n) is 4.56. The van der Waals surface area contributed by atoms with Crippen molar-refractivity contribution in [3.05, 3.63) is 48.3 Å². The van der Waals surface area contributed by atoms with Crippen molar-refractivity contribution >= 4 is 5.91 Å². The van der Waals surface area contributed by atoms with Gasteiger partial charge in [0, 0.05) is 51.2 Å². The van der Waals surface area contributed by atoms with E-state index in [2.05, 4.69) is 16.9 Å². The standard InChI is InChI=1S/C24H34N4O2/c1-20(10-19-28-16-7-13-25-28)26-17-11-21(12-18-26)30-23-9-4-3-8-22(23)24(29)27-14-5-2-6-15-27/h3-4,7-9,13,16,20-21H,2,5-6,10-12,14-15,17-19H2,1H3. The molecule has 1 aromatic heterocycles. The summed E-state index contributed by atoms with van der Waals surface area (Å²) in [6, 6.07) is 10.3. The van der Waals surface area contributed by atoms with Gasteiger partial charge in [-0.25, -0.2) is 0 Å². The Morgan fingerprint density at radius 1 is 1.10 bits per heavy atom. The minimum atomic E-state index is 0.120. The highest BCUT2D eigenvalue weighted by Crippen LogP contribution is 2.26. The lowest BCUT2D eigenvalue weighted by Crippen LogP contribution is -2.43. The van der Waals surface area contributed by atoms with Crippen LogP contribution in [0.25, 0.3) is 0 Å². The summed E-state index contributed by atoms with van der Waals surface area (Å²) in [4.78, 5) is 17.5. The molecule has 3 heterocycles. The predicted molar refractivity (Wildman–Crippen MR) is 118 cm³/mol. The molecule has 30 heavy (non-hydrogen) atoms. The normalized spacial score (nSPS) is 19.6. The molecule has 0 aliphatic carbocycles. The number of nitrogens with zero attached hydrogens (tertiary/aromatic N) is 4. The van der Waals surface area contributed by atoms with Crippen molar-refractivity contribution in [2.45, 2.75) is 64.1 Å². The molecule has 2 aliphatic rings. The summed E-state index contributed by atoms with van der Waals surface area (Å²) in [5.74, 6) is 0.869. The zero-order valence-corrected chi connectivity index (χ0v) is 18.1. The molecule has 4 rings (SSSR count). The summed E-state index contributed by atoms with van der Waals surface area (Å²) in [6.45, 7) is 7.05. The van der Waals surface area contributed by atoms with Crippen molar-refractivity contribution in [3.8, 4) is 5.75 Å². The van der Waals surface area contributed by atoms with Gasteiger partial charge in [0.1, 0.15) is 11.9 Å². The van der Waals surface area contributed by atoms with Gasteiger partial charge in [0.05, 0.1) is 5.56 Å². The van der Waals surface area contributed by atoms with E-state index < -0.39 is 0 Å². The number of carbonyl (C=O) groups excluding carboxylic acids is 1. The summed E-state index contributed by atoms with van der Waals surface area (Å²) >= 11 is 0. The molecule has 2 aromatic rings. The minimum Gasteiger partial charge on any atom is -0.489 e. The zero-order chi connectivity index (χ0) is 20.8. The molecule has 1 amide bonds. The van der Waals surface area contributed by atoms with Gasteiger partial charge in [0.15, 0.2) is 0 Å². The molecule has 0 bridgehead atoms. The van der Waals surface area contributed by atoms with Gasteiger partial charge >= 0.3 is 0 Å². The highest BCUT2D eigenvalue weighted by atomic mass is 16.5. The van der Waals surface area contributed by atoms with Crippen molar-refractivity contribution in [2.24, 2.45) is 0 Å². The maximum atomic E-state index is 13.0. The van der Waals surface area contributed by atoms with Crippen LogP contribution in [0.3, 0.4) is 0 Å². The monoisotopic (exact) mass is 410 g/mol. The lowest BCUT2D eigenvalue weighted by atomic mass is 10.0. The maximum Gasteiger partial charge on any atom is 0.257 e. The Labute approximate surface area is 179 Å². The van der Waals surface area contributed by atoms with E-state index in [-0.39, 0.29) is 12.0 Å². The van der Waals surface area contributed by atoms with E-state index >= 15 is 0 Å². The second kappa shape index (κ2) is 10.1. The Kier molecular flexibility index (Phi) is 7.05. The van der Waals surface area contributed by atoms with Crippen LogP contribution in [-0.4, -0.2) is 63.8 Å². The van der Waals surface area contributed by atoms with Crippen LogP contribution in [0.5, 0.6) is 5.75 Å². The summed E-state index contributed by atoms with van der Waals surface area (Å²) in [5, 5.41) is 4.30. The number of aryl methyl sites for hydroxylation is 1. The quantitative estimate of drug-likeness (QED) is 0.696. The number of aromatic nitrogens is 2. The van der Waals surface area contributed by atoms with Gasteiger partial charge in [-0.15, -0.1) is 0 Å². The van der Waals surface area contributed by atoms with E-state index in [4.69, 9.17) is 4.74 Å².